The van der Waals surface area contributed by atoms with Crippen molar-refractivity contribution in [3.8, 4) is 22.9 Å². The van der Waals surface area contributed by atoms with Gasteiger partial charge >= 0.3 is 0 Å². The number of likely N-dealkylation sites (N-methyl/N-ethyl adjacent to an activating group) is 1. The van der Waals surface area contributed by atoms with Crippen molar-refractivity contribution in [2.45, 2.75) is 19.9 Å². The lowest BCUT2D eigenvalue weighted by Crippen LogP contribution is -2.45. The van der Waals surface area contributed by atoms with E-state index in [1.165, 1.54) is 11.3 Å². The molecule has 2 aromatic heterocycles. The molecule has 1 aliphatic heterocycles. The number of nitrogens with zero attached hydrogens (tertiary/aromatic N) is 4. The molecule has 0 aliphatic carbocycles. The third-order valence-corrected chi connectivity index (χ3v) is 6.44. The number of aromatic hydroxyl groups is 1. The van der Waals surface area contributed by atoms with Crippen molar-refractivity contribution < 1.29 is 9.84 Å². The van der Waals surface area contributed by atoms with E-state index >= 15 is 0 Å². The SMILES string of the molecule is CC(C)Nc1nc(-c2cc(O)c3ccc(OCCN4CCN(C)CC4)c(Cl)c3n2)cs1. The third kappa shape index (κ3) is 5.20. The number of rotatable bonds is 7. The summed E-state index contributed by atoms with van der Waals surface area (Å²) in [6, 6.07) is 5.51. The van der Waals surface area contributed by atoms with Crippen LogP contribution in [0.4, 0.5) is 5.13 Å². The molecule has 166 valence electrons. The maximum absolute atomic E-state index is 10.6. The quantitative estimate of drug-likeness (QED) is 0.547. The van der Waals surface area contributed by atoms with E-state index in [1.54, 1.807) is 18.2 Å². The van der Waals surface area contributed by atoms with Crippen LogP contribution < -0.4 is 10.1 Å². The lowest BCUT2D eigenvalue weighted by atomic mass is 10.1. The van der Waals surface area contributed by atoms with Gasteiger partial charge in [0.2, 0.25) is 0 Å². The lowest BCUT2D eigenvalue weighted by Gasteiger charge is -2.32. The van der Waals surface area contributed by atoms with Crippen molar-refractivity contribution in [3.05, 3.63) is 28.6 Å². The first kappa shape index (κ1) is 22.1. The molecule has 0 radical (unpaired) electrons. The summed E-state index contributed by atoms with van der Waals surface area (Å²) in [5, 5.41) is 17.6. The molecule has 2 N–H and O–H groups in total. The van der Waals surface area contributed by atoms with E-state index in [0.717, 1.165) is 37.9 Å². The minimum absolute atomic E-state index is 0.122. The highest BCUT2D eigenvalue weighted by atomic mass is 35.5. The predicted molar refractivity (Wildman–Crippen MR) is 128 cm³/mol. The van der Waals surface area contributed by atoms with Gasteiger partial charge in [-0.15, -0.1) is 11.3 Å². The molecule has 1 aromatic carbocycles. The smallest absolute Gasteiger partial charge is 0.183 e. The third-order valence-electron chi connectivity index (χ3n) is 5.30. The van der Waals surface area contributed by atoms with Gasteiger partial charge in [-0.25, -0.2) is 9.97 Å². The van der Waals surface area contributed by atoms with Gasteiger partial charge in [-0.2, -0.15) is 0 Å². The van der Waals surface area contributed by atoms with Gasteiger partial charge in [0.05, 0.1) is 11.2 Å². The molecule has 3 heterocycles. The number of nitrogens with one attached hydrogen (secondary N) is 1. The molecule has 9 heteroatoms. The summed E-state index contributed by atoms with van der Waals surface area (Å²) in [4.78, 5) is 14.0. The fraction of sp³-hybridized carbons (Fsp3) is 0.455. The Morgan fingerprint density at radius 3 is 2.71 bits per heavy atom. The number of ether oxygens (including phenoxy) is 1. The molecule has 0 bridgehead atoms. The second kappa shape index (κ2) is 9.56. The molecule has 0 atom stereocenters. The molecule has 0 amide bonds. The van der Waals surface area contributed by atoms with E-state index in [9.17, 15) is 5.11 Å². The van der Waals surface area contributed by atoms with E-state index in [0.29, 0.717) is 39.7 Å². The number of aromatic nitrogens is 2. The fourth-order valence-corrected chi connectivity index (χ4v) is 4.64. The molecular formula is C22H28ClN5O2S. The van der Waals surface area contributed by atoms with Crippen LogP contribution >= 0.6 is 22.9 Å². The summed E-state index contributed by atoms with van der Waals surface area (Å²) in [5.41, 5.74) is 1.79. The first-order valence-electron chi connectivity index (χ1n) is 10.5. The monoisotopic (exact) mass is 461 g/mol. The zero-order valence-electron chi connectivity index (χ0n) is 18.1. The number of pyridine rings is 1. The van der Waals surface area contributed by atoms with Crippen LogP contribution in [0.1, 0.15) is 13.8 Å². The average Bonchev–Trinajstić information content (AvgIpc) is 3.19. The van der Waals surface area contributed by atoms with E-state index < -0.39 is 0 Å². The van der Waals surface area contributed by atoms with Crippen molar-refractivity contribution in [1.29, 1.82) is 0 Å². The number of fused-ring (bicyclic) bond motifs is 1. The lowest BCUT2D eigenvalue weighted by molar-refractivity contribution is 0.134. The molecule has 1 aliphatic rings. The van der Waals surface area contributed by atoms with E-state index in [4.69, 9.17) is 21.3 Å². The van der Waals surface area contributed by atoms with Crippen LogP contribution in [-0.4, -0.2) is 77.3 Å². The topological polar surface area (TPSA) is 73.8 Å². The minimum Gasteiger partial charge on any atom is -0.507 e. The molecule has 0 spiro atoms. The Morgan fingerprint density at radius 2 is 1.97 bits per heavy atom. The maximum atomic E-state index is 10.6. The first-order valence-corrected chi connectivity index (χ1v) is 11.7. The van der Waals surface area contributed by atoms with E-state index in [1.807, 2.05) is 5.38 Å². The van der Waals surface area contributed by atoms with Crippen LogP contribution in [0.15, 0.2) is 23.6 Å². The van der Waals surface area contributed by atoms with Gasteiger partial charge in [-0.05, 0) is 33.0 Å². The highest BCUT2D eigenvalue weighted by Crippen LogP contribution is 2.38. The summed E-state index contributed by atoms with van der Waals surface area (Å²) in [7, 11) is 2.15. The van der Waals surface area contributed by atoms with Gasteiger partial charge < -0.3 is 20.1 Å². The van der Waals surface area contributed by atoms with Crippen LogP contribution in [0, 0.1) is 0 Å². The highest BCUT2D eigenvalue weighted by molar-refractivity contribution is 7.14. The molecular weight excluding hydrogens is 434 g/mol. The molecule has 1 fully saturated rings. The van der Waals surface area contributed by atoms with Crippen LogP contribution in [0.3, 0.4) is 0 Å². The van der Waals surface area contributed by atoms with Crippen LogP contribution in [0.25, 0.3) is 22.3 Å². The highest BCUT2D eigenvalue weighted by Gasteiger charge is 2.17. The summed E-state index contributed by atoms with van der Waals surface area (Å²) in [5.74, 6) is 0.699. The number of hydrogen-bond acceptors (Lipinski definition) is 8. The number of piperazine rings is 1. The van der Waals surface area contributed by atoms with Crippen molar-refractivity contribution in [3.63, 3.8) is 0 Å². The van der Waals surface area contributed by atoms with Gasteiger partial charge in [0.1, 0.15) is 28.8 Å². The van der Waals surface area contributed by atoms with Crippen molar-refractivity contribution in [2.24, 2.45) is 0 Å². The minimum atomic E-state index is 0.122. The maximum Gasteiger partial charge on any atom is 0.183 e. The van der Waals surface area contributed by atoms with Crippen molar-refractivity contribution >= 4 is 39.0 Å². The zero-order valence-corrected chi connectivity index (χ0v) is 19.6. The number of thiazole rings is 1. The number of hydrogen-bond donors (Lipinski definition) is 2. The molecule has 0 unspecified atom stereocenters. The van der Waals surface area contributed by atoms with Crippen LogP contribution in [0.5, 0.6) is 11.5 Å². The second-order valence-corrected chi connectivity index (χ2v) is 9.37. The van der Waals surface area contributed by atoms with Gasteiger partial charge in [0.25, 0.3) is 0 Å². The Hall–Kier alpha value is -2.13. The normalized spacial score (nSPS) is 15.6. The number of halogens is 1. The summed E-state index contributed by atoms with van der Waals surface area (Å²) in [6.07, 6.45) is 0. The second-order valence-electron chi connectivity index (χ2n) is 8.13. The zero-order chi connectivity index (χ0) is 22.0. The van der Waals surface area contributed by atoms with Crippen LogP contribution in [-0.2, 0) is 0 Å². The molecule has 0 saturated carbocycles. The van der Waals surface area contributed by atoms with Gasteiger partial charge in [0.15, 0.2) is 5.13 Å². The summed E-state index contributed by atoms with van der Waals surface area (Å²) in [6.45, 7) is 9.78. The Balaban J connectivity index is 1.52. The van der Waals surface area contributed by atoms with Gasteiger partial charge in [-0.3, -0.25) is 4.90 Å². The number of anilines is 1. The fourth-order valence-electron chi connectivity index (χ4n) is 3.53. The Morgan fingerprint density at radius 1 is 1.19 bits per heavy atom. The number of benzene rings is 1. The van der Waals surface area contributed by atoms with Gasteiger partial charge in [-0.1, -0.05) is 11.6 Å². The molecule has 7 nitrogen and oxygen atoms in total. The average molecular weight is 462 g/mol. The Kier molecular flexibility index (Phi) is 6.81. The van der Waals surface area contributed by atoms with Crippen molar-refractivity contribution in [1.82, 2.24) is 19.8 Å². The first-order chi connectivity index (χ1) is 14.9. The van der Waals surface area contributed by atoms with E-state index in [2.05, 4.69) is 41.0 Å². The van der Waals surface area contributed by atoms with Crippen LogP contribution in [0.2, 0.25) is 5.02 Å². The molecule has 4 rings (SSSR count). The molecule has 3 aromatic rings. The molecule has 31 heavy (non-hydrogen) atoms. The van der Waals surface area contributed by atoms with Crippen molar-refractivity contribution in [2.75, 3.05) is 51.7 Å². The standard InChI is InChI=1S/C22H28ClN5O2S/c1-14(2)24-22-26-17(13-31-22)16-12-18(29)15-4-5-19(20(23)21(15)25-16)30-11-10-28-8-6-27(3)7-9-28/h4-5,12-14H,6-11H2,1-3H3,(H,24,26)(H,25,29). The largest absolute Gasteiger partial charge is 0.507 e. The summed E-state index contributed by atoms with van der Waals surface area (Å²) < 4.78 is 5.98. The summed E-state index contributed by atoms with van der Waals surface area (Å²) >= 11 is 8.15. The molecule has 1 saturated heterocycles. The predicted octanol–water partition coefficient (Wildman–Crippen LogP) is 4.16. The van der Waals surface area contributed by atoms with Gasteiger partial charge in [0, 0.05) is 55.6 Å². The van der Waals surface area contributed by atoms with E-state index in [-0.39, 0.29) is 11.8 Å². The Labute approximate surface area is 191 Å². The Bertz CT molecular complexity index is 1050.